The molecule has 0 aromatic rings. The Bertz CT molecular complexity index is 325. The third-order valence-electron chi connectivity index (χ3n) is 2.23. The number of aliphatic hydroxyl groups excluding tert-OH is 2. The molecule has 2 N–H and O–H groups in total. The summed E-state index contributed by atoms with van der Waals surface area (Å²) in [5, 5.41) is 18.5. The molecule has 1 saturated heterocycles. The predicted octanol–water partition coefficient (Wildman–Crippen LogP) is -1.45. The second-order valence-corrected chi connectivity index (χ2v) is 3.66. The van der Waals surface area contributed by atoms with Crippen LogP contribution in [-0.4, -0.2) is 52.9 Å². The number of carbonyl (C=O) groups excluding carboxylic acids is 3. The molecule has 0 amide bonds. The van der Waals surface area contributed by atoms with Crippen molar-refractivity contribution in [1.29, 1.82) is 0 Å². The highest BCUT2D eigenvalue weighted by Gasteiger charge is 2.46. The number of Topliss-reactive ketones (excluding diaryl/α,β-unsaturated/α-hetero) is 1. The summed E-state index contributed by atoms with van der Waals surface area (Å²) in [6.45, 7) is 1.34. The summed E-state index contributed by atoms with van der Waals surface area (Å²) in [5.41, 5.74) is 0. The van der Waals surface area contributed by atoms with Gasteiger partial charge in [0.15, 0.2) is 6.10 Å². The SMILES string of the molecule is CCCC(=O)OCC(O)C1OC(=O)C(O)C1=O. The predicted molar refractivity (Wildman–Crippen MR) is 52.8 cm³/mol. The van der Waals surface area contributed by atoms with Gasteiger partial charge in [0, 0.05) is 6.42 Å². The van der Waals surface area contributed by atoms with E-state index in [1.54, 1.807) is 6.92 Å². The van der Waals surface area contributed by atoms with Crippen molar-refractivity contribution < 1.29 is 34.1 Å². The van der Waals surface area contributed by atoms with Gasteiger partial charge >= 0.3 is 11.9 Å². The lowest BCUT2D eigenvalue weighted by atomic mass is 10.1. The van der Waals surface area contributed by atoms with Crippen LogP contribution in [0.4, 0.5) is 0 Å². The molecule has 0 bridgehead atoms. The van der Waals surface area contributed by atoms with E-state index >= 15 is 0 Å². The van der Waals surface area contributed by atoms with Crippen LogP contribution in [-0.2, 0) is 23.9 Å². The fraction of sp³-hybridized carbons (Fsp3) is 0.700. The lowest BCUT2D eigenvalue weighted by Crippen LogP contribution is -2.38. The van der Waals surface area contributed by atoms with E-state index in [0.717, 1.165) is 0 Å². The van der Waals surface area contributed by atoms with Gasteiger partial charge in [0.05, 0.1) is 0 Å². The van der Waals surface area contributed by atoms with E-state index in [0.29, 0.717) is 6.42 Å². The third-order valence-corrected chi connectivity index (χ3v) is 2.23. The Labute approximate surface area is 97.3 Å². The van der Waals surface area contributed by atoms with Crippen LogP contribution in [0.25, 0.3) is 0 Å². The minimum atomic E-state index is -1.86. The van der Waals surface area contributed by atoms with E-state index in [1.165, 1.54) is 0 Å². The maximum atomic E-state index is 11.2. The first-order chi connectivity index (χ1) is 7.97. The number of ketones is 1. The van der Waals surface area contributed by atoms with E-state index in [9.17, 15) is 19.5 Å². The van der Waals surface area contributed by atoms with Crippen molar-refractivity contribution in [1.82, 2.24) is 0 Å². The molecule has 1 heterocycles. The van der Waals surface area contributed by atoms with Crippen LogP contribution in [0.5, 0.6) is 0 Å². The maximum absolute atomic E-state index is 11.2. The molecule has 0 aromatic heterocycles. The summed E-state index contributed by atoms with van der Waals surface area (Å²) in [5.74, 6) is -2.53. The molecule has 0 radical (unpaired) electrons. The van der Waals surface area contributed by atoms with Gasteiger partial charge in [-0.25, -0.2) is 4.79 Å². The Balaban J connectivity index is 2.43. The number of hydrogen-bond acceptors (Lipinski definition) is 7. The van der Waals surface area contributed by atoms with Crippen LogP contribution in [0.2, 0.25) is 0 Å². The monoisotopic (exact) mass is 246 g/mol. The standard InChI is InChI=1S/C10H14O7/c1-2-3-6(12)16-4-5(11)9-7(13)8(14)10(15)17-9/h5,8-9,11,14H,2-4H2,1H3. The average molecular weight is 246 g/mol. The summed E-state index contributed by atoms with van der Waals surface area (Å²) >= 11 is 0. The lowest BCUT2D eigenvalue weighted by Gasteiger charge is -2.15. The first-order valence-electron chi connectivity index (χ1n) is 5.23. The second kappa shape index (κ2) is 5.74. The number of ether oxygens (including phenoxy) is 2. The molecule has 1 rings (SSSR count). The molecular weight excluding hydrogens is 232 g/mol. The lowest BCUT2D eigenvalue weighted by molar-refractivity contribution is -0.156. The quantitative estimate of drug-likeness (QED) is 0.451. The number of hydrogen-bond donors (Lipinski definition) is 2. The minimum absolute atomic E-state index is 0.202. The van der Waals surface area contributed by atoms with Gasteiger partial charge in [-0.05, 0) is 6.42 Å². The molecule has 3 unspecified atom stereocenters. The van der Waals surface area contributed by atoms with E-state index in [4.69, 9.17) is 5.11 Å². The van der Waals surface area contributed by atoms with Gasteiger partial charge < -0.3 is 19.7 Å². The van der Waals surface area contributed by atoms with E-state index in [2.05, 4.69) is 9.47 Å². The van der Waals surface area contributed by atoms with Gasteiger partial charge in [-0.3, -0.25) is 9.59 Å². The van der Waals surface area contributed by atoms with E-state index < -0.39 is 42.6 Å². The molecule has 0 aromatic carbocycles. The van der Waals surface area contributed by atoms with Crippen molar-refractivity contribution in [2.45, 2.75) is 38.1 Å². The number of cyclic esters (lactones) is 1. The number of carbonyl (C=O) groups is 3. The zero-order valence-corrected chi connectivity index (χ0v) is 9.29. The van der Waals surface area contributed by atoms with Crippen molar-refractivity contribution in [2.75, 3.05) is 6.61 Å². The average Bonchev–Trinajstić information content (AvgIpc) is 2.54. The van der Waals surface area contributed by atoms with Crippen molar-refractivity contribution in [3.63, 3.8) is 0 Å². The van der Waals surface area contributed by atoms with Crippen molar-refractivity contribution in [3.8, 4) is 0 Å². The molecule has 3 atom stereocenters. The molecular formula is C10H14O7. The molecule has 96 valence electrons. The zero-order chi connectivity index (χ0) is 13.0. The van der Waals surface area contributed by atoms with Gasteiger partial charge in [0.25, 0.3) is 0 Å². The molecule has 7 nitrogen and oxygen atoms in total. The number of aliphatic hydroxyl groups is 2. The van der Waals surface area contributed by atoms with Crippen LogP contribution in [0, 0.1) is 0 Å². The van der Waals surface area contributed by atoms with Crippen LogP contribution in [0.3, 0.4) is 0 Å². The van der Waals surface area contributed by atoms with Crippen LogP contribution in [0.1, 0.15) is 19.8 Å². The van der Waals surface area contributed by atoms with Crippen molar-refractivity contribution >= 4 is 17.7 Å². The summed E-state index contributed by atoms with van der Waals surface area (Å²) in [6.07, 6.45) is -3.98. The first-order valence-corrected chi connectivity index (χ1v) is 5.23. The molecule has 7 heteroatoms. The minimum Gasteiger partial charge on any atom is -0.463 e. The molecule has 0 saturated carbocycles. The Morgan fingerprint density at radius 1 is 1.53 bits per heavy atom. The molecule has 1 aliphatic rings. The summed E-state index contributed by atoms with van der Waals surface area (Å²) < 4.78 is 9.12. The highest BCUT2D eigenvalue weighted by Crippen LogP contribution is 2.15. The van der Waals surface area contributed by atoms with Crippen LogP contribution < -0.4 is 0 Å². The highest BCUT2D eigenvalue weighted by molar-refractivity contribution is 6.09. The fourth-order valence-corrected chi connectivity index (χ4v) is 1.33. The molecule has 1 aliphatic heterocycles. The Kier molecular flexibility index (Phi) is 4.59. The Morgan fingerprint density at radius 3 is 2.65 bits per heavy atom. The number of esters is 2. The van der Waals surface area contributed by atoms with E-state index in [1.807, 2.05) is 0 Å². The summed E-state index contributed by atoms with van der Waals surface area (Å²) in [6, 6.07) is 0. The summed E-state index contributed by atoms with van der Waals surface area (Å²) in [7, 11) is 0. The first kappa shape index (κ1) is 13.6. The van der Waals surface area contributed by atoms with Crippen LogP contribution in [0.15, 0.2) is 0 Å². The highest BCUT2D eigenvalue weighted by atomic mass is 16.6. The van der Waals surface area contributed by atoms with Gasteiger partial charge in [-0.1, -0.05) is 6.92 Å². The van der Waals surface area contributed by atoms with Gasteiger partial charge in [-0.2, -0.15) is 0 Å². The third kappa shape index (κ3) is 3.24. The van der Waals surface area contributed by atoms with Crippen molar-refractivity contribution in [3.05, 3.63) is 0 Å². The van der Waals surface area contributed by atoms with Gasteiger partial charge in [-0.15, -0.1) is 0 Å². The molecule has 17 heavy (non-hydrogen) atoms. The molecule has 0 aliphatic carbocycles. The Hall–Kier alpha value is -1.47. The van der Waals surface area contributed by atoms with Crippen LogP contribution >= 0.6 is 0 Å². The smallest absolute Gasteiger partial charge is 0.343 e. The van der Waals surface area contributed by atoms with Gasteiger partial charge in [0.2, 0.25) is 11.9 Å². The summed E-state index contributed by atoms with van der Waals surface area (Å²) in [4.78, 5) is 33.1. The molecule has 0 spiro atoms. The normalized spacial score (nSPS) is 25.6. The topological polar surface area (TPSA) is 110 Å². The van der Waals surface area contributed by atoms with Crippen molar-refractivity contribution in [2.24, 2.45) is 0 Å². The largest absolute Gasteiger partial charge is 0.463 e. The number of rotatable bonds is 5. The zero-order valence-electron chi connectivity index (χ0n) is 9.29. The maximum Gasteiger partial charge on any atom is 0.343 e. The molecule has 1 fully saturated rings. The van der Waals surface area contributed by atoms with Gasteiger partial charge in [0.1, 0.15) is 12.7 Å². The fourth-order valence-electron chi connectivity index (χ4n) is 1.33. The second-order valence-electron chi connectivity index (χ2n) is 3.66. The van der Waals surface area contributed by atoms with E-state index in [-0.39, 0.29) is 6.42 Å². The Morgan fingerprint density at radius 2 is 2.18 bits per heavy atom.